The van der Waals surface area contributed by atoms with Crippen molar-refractivity contribution in [2.24, 2.45) is 5.41 Å². The summed E-state index contributed by atoms with van der Waals surface area (Å²) in [5.74, 6) is -0.979. The summed E-state index contributed by atoms with van der Waals surface area (Å²) < 4.78 is 6.59. The normalized spacial score (nSPS) is 29.3. The standard InChI is InChI=1S/C39H36Cl2N2O3/c1-37(2)18-20-38(21-19-37)39(29-17-16-28(41)23-30(29)42-36(39)45)31(26-14-9-15-27(40)22-26)33-35(44)46-34(25-12-7-4-8-13-25)32(43(33)38)24-10-5-3-6-11-24/h3-17,22-23,31-34H,18-21H2,1-2H3,(H,42,45)/t31-,32+,33+,34-,39-/m0/s1. The van der Waals surface area contributed by atoms with Gasteiger partial charge in [-0.2, -0.15) is 0 Å². The van der Waals surface area contributed by atoms with Crippen molar-refractivity contribution in [3.63, 3.8) is 0 Å². The number of cyclic esters (lactones) is 1. The number of carbonyl (C=O) groups excluding carboxylic acids is 2. The average Bonchev–Trinajstić information content (AvgIpc) is 3.48. The van der Waals surface area contributed by atoms with Crippen LogP contribution >= 0.6 is 23.2 Å². The van der Waals surface area contributed by atoms with Crippen LogP contribution in [0.5, 0.6) is 0 Å². The molecule has 5 atom stereocenters. The van der Waals surface area contributed by atoms with Crippen molar-refractivity contribution in [3.05, 3.63) is 135 Å². The van der Waals surface area contributed by atoms with E-state index >= 15 is 4.79 Å². The van der Waals surface area contributed by atoms with Gasteiger partial charge < -0.3 is 10.1 Å². The highest BCUT2D eigenvalue weighted by atomic mass is 35.5. The van der Waals surface area contributed by atoms with E-state index in [9.17, 15) is 4.79 Å². The van der Waals surface area contributed by atoms with Crippen molar-refractivity contribution in [1.82, 2.24) is 4.90 Å². The van der Waals surface area contributed by atoms with Crippen molar-refractivity contribution in [2.45, 2.75) is 74.6 Å². The smallest absolute Gasteiger partial charge is 0.324 e. The third-order valence-electron chi connectivity index (χ3n) is 11.3. The Hall–Kier alpha value is -3.64. The number of halogens is 2. The van der Waals surface area contributed by atoms with Crippen molar-refractivity contribution in [3.8, 4) is 0 Å². The molecule has 1 amide bonds. The minimum atomic E-state index is -1.11. The van der Waals surface area contributed by atoms with Gasteiger partial charge in [-0.3, -0.25) is 14.5 Å². The number of nitrogens with zero attached hydrogens (tertiary/aromatic N) is 1. The summed E-state index contributed by atoms with van der Waals surface area (Å²) in [5.41, 5.74) is 2.67. The SMILES string of the molecule is CC1(C)CCC2(CC1)N1[C@H](c3ccccc3)[C@H](c3ccccc3)OC(=O)[C@H]1[C@H](c1cccc(Cl)c1)[C@@]21C(=O)Nc2cc(Cl)ccc21. The number of ether oxygens (including phenoxy) is 1. The van der Waals surface area contributed by atoms with E-state index in [1.165, 1.54) is 0 Å². The van der Waals surface area contributed by atoms with Crippen molar-refractivity contribution >= 4 is 40.8 Å². The molecule has 3 heterocycles. The number of fused-ring (bicyclic) bond motifs is 5. The highest BCUT2D eigenvalue weighted by Crippen LogP contribution is 2.70. The number of carbonyl (C=O) groups is 2. The Morgan fingerprint density at radius 3 is 2.02 bits per heavy atom. The average molecular weight is 652 g/mol. The number of benzene rings is 4. The van der Waals surface area contributed by atoms with Crippen molar-refractivity contribution in [1.29, 1.82) is 0 Å². The van der Waals surface area contributed by atoms with E-state index in [1.807, 2.05) is 91.0 Å². The molecule has 1 saturated carbocycles. The third kappa shape index (κ3) is 4.18. The van der Waals surface area contributed by atoms with Gasteiger partial charge >= 0.3 is 5.97 Å². The van der Waals surface area contributed by atoms with Gasteiger partial charge in [-0.1, -0.05) is 116 Å². The van der Waals surface area contributed by atoms with Crippen LogP contribution in [0, 0.1) is 5.41 Å². The minimum absolute atomic E-state index is 0.0886. The zero-order valence-corrected chi connectivity index (χ0v) is 27.4. The molecule has 8 rings (SSSR count). The van der Waals surface area contributed by atoms with E-state index in [-0.39, 0.29) is 23.3 Å². The Labute approximate surface area is 279 Å². The van der Waals surface area contributed by atoms with Crippen LogP contribution in [0.15, 0.2) is 103 Å². The summed E-state index contributed by atoms with van der Waals surface area (Å²) >= 11 is 13.2. The predicted octanol–water partition coefficient (Wildman–Crippen LogP) is 9.03. The lowest BCUT2D eigenvalue weighted by Gasteiger charge is -2.57. The second kappa shape index (κ2) is 10.7. The summed E-state index contributed by atoms with van der Waals surface area (Å²) in [5, 5.41) is 4.38. The summed E-state index contributed by atoms with van der Waals surface area (Å²) in [7, 11) is 0. The van der Waals surface area contributed by atoms with Crippen LogP contribution in [-0.4, -0.2) is 28.4 Å². The Morgan fingerprint density at radius 1 is 0.717 bits per heavy atom. The first-order valence-electron chi connectivity index (χ1n) is 16.1. The maximum Gasteiger partial charge on any atom is 0.324 e. The minimum Gasteiger partial charge on any atom is -0.454 e. The monoisotopic (exact) mass is 650 g/mol. The molecule has 7 heteroatoms. The van der Waals surface area contributed by atoms with Crippen molar-refractivity contribution < 1.29 is 14.3 Å². The van der Waals surface area contributed by atoms with Crippen LogP contribution in [0.2, 0.25) is 10.0 Å². The second-order valence-electron chi connectivity index (χ2n) is 14.2. The number of hydrogen-bond acceptors (Lipinski definition) is 4. The van der Waals surface area contributed by atoms with Gasteiger partial charge in [0.2, 0.25) is 5.91 Å². The first-order valence-corrected chi connectivity index (χ1v) is 16.9. The fourth-order valence-electron chi connectivity index (χ4n) is 9.33. The molecule has 0 bridgehead atoms. The summed E-state index contributed by atoms with van der Waals surface area (Å²) in [4.78, 5) is 32.4. The number of amides is 1. The number of nitrogens with one attached hydrogen (secondary N) is 1. The topological polar surface area (TPSA) is 58.6 Å². The van der Waals surface area contributed by atoms with E-state index < -0.39 is 29.0 Å². The van der Waals surface area contributed by atoms with Gasteiger partial charge in [0.05, 0.1) is 6.04 Å². The van der Waals surface area contributed by atoms with Gasteiger partial charge in [0.25, 0.3) is 0 Å². The van der Waals surface area contributed by atoms with E-state index in [0.29, 0.717) is 15.7 Å². The van der Waals surface area contributed by atoms with Crippen molar-refractivity contribution in [2.75, 3.05) is 5.32 Å². The summed E-state index contributed by atoms with van der Waals surface area (Å²) in [6, 6.07) is 32.7. The lowest BCUT2D eigenvalue weighted by Crippen LogP contribution is -2.64. The molecule has 234 valence electrons. The lowest BCUT2D eigenvalue weighted by atomic mass is 9.53. The fraction of sp³-hybridized carbons (Fsp3) is 0.333. The van der Waals surface area contributed by atoms with Crippen LogP contribution in [0.25, 0.3) is 0 Å². The van der Waals surface area contributed by atoms with Gasteiger partial charge in [-0.15, -0.1) is 0 Å². The molecule has 2 spiro atoms. The number of esters is 1. The maximum absolute atomic E-state index is 15.1. The lowest BCUT2D eigenvalue weighted by molar-refractivity contribution is -0.184. The first kappa shape index (κ1) is 29.7. The number of rotatable bonds is 3. The molecule has 46 heavy (non-hydrogen) atoms. The van der Waals surface area contributed by atoms with E-state index in [4.69, 9.17) is 27.9 Å². The Balaban J connectivity index is 1.48. The molecule has 2 saturated heterocycles. The van der Waals surface area contributed by atoms with Gasteiger partial charge in [0.1, 0.15) is 17.6 Å². The van der Waals surface area contributed by atoms with E-state index in [1.54, 1.807) is 0 Å². The van der Waals surface area contributed by atoms with Gasteiger partial charge in [-0.25, -0.2) is 0 Å². The molecule has 0 radical (unpaired) electrons. The largest absolute Gasteiger partial charge is 0.454 e. The van der Waals surface area contributed by atoms with Crippen LogP contribution in [0.1, 0.15) is 79.8 Å². The number of morpholine rings is 1. The first-order chi connectivity index (χ1) is 22.2. The van der Waals surface area contributed by atoms with Gasteiger partial charge in [0, 0.05) is 27.2 Å². The Morgan fingerprint density at radius 2 is 1.35 bits per heavy atom. The zero-order chi connectivity index (χ0) is 31.8. The van der Waals surface area contributed by atoms with E-state index in [2.05, 4.69) is 36.2 Å². The Kier molecular flexibility index (Phi) is 6.92. The highest BCUT2D eigenvalue weighted by molar-refractivity contribution is 6.31. The van der Waals surface area contributed by atoms with Crippen LogP contribution in [0.3, 0.4) is 0 Å². The van der Waals surface area contributed by atoms with Gasteiger partial charge in [0.15, 0.2) is 0 Å². The molecule has 3 aliphatic heterocycles. The highest BCUT2D eigenvalue weighted by Gasteiger charge is 2.78. The second-order valence-corrected chi connectivity index (χ2v) is 15.0. The van der Waals surface area contributed by atoms with Crippen LogP contribution in [-0.2, 0) is 19.7 Å². The quantitative estimate of drug-likeness (QED) is 0.225. The zero-order valence-electron chi connectivity index (χ0n) is 25.9. The molecule has 1 N–H and O–H groups in total. The van der Waals surface area contributed by atoms with E-state index in [0.717, 1.165) is 47.9 Å². The number of hydrogen-bond donors (Lipinski definition) is 1. The molecule has 3 fully saturated rings. The fourth-order valence-corrected chi connectivity index (χ4v) is 9.70. The molecule has 0 aromatic heterocycles. The summed E-state index contributed by atoms with van der Waals surface area (Å²) in [6.07, 6.45) is 2.72. The van der Waals surface area contributed by atoms with Gasteiger partial charge in [-0.05, 0) is 77.6 Å². The molecule has 4 aromatic rings. The predicted molar refractivity (Wildman–Crippen MR) is 181 cm³/mol. The molecule has 0 unspecified atom stereocenters. The summed E-state index contributed by atoms with van der Waals surface area (Å²) in [6.45, 7) is 4.61. The molecule has 4 aliphatic rings. The molecule has 4 aromatic carbocycles. The third-order valence-corrected chi connectivity index (χ3v) is 11.8. The maximum atomic E-state index is 15.1. The van der Waals surface area contributed by atoms with Crippen LogP contribution < -0.4 is 5.32 Å². The van der Waals surface area contributed by atoms with Crippen LogP contribution in [0.4, 0.5) is 5.69 Å². The molecule has 1 aliphatic carbocycles. The molecular weight excluding hydrogens is 615 g/mol. The molecular formula is C39H36Cl2N2O3. The molecule has 5 nitrogen and oxygen atoms in total. The Bertz CT molecular complexity index is 1830. The number of anilines is 1.